The van der Waals surface area contributed by atoms with Gasteiger partial charge in [-0.3, -0.25) is 4.79 Å². The maximum Gasteiger partial charge on any atom is 0.269 e. The number of piperidine rings is 1. The molecule has 3 aromatic rings. The van der Waals surface area contributed by atoms with Gasteiger partial charge in [0.2, 0.25) is 0 Å². The summed E-state index contributed by atoms with van der Waals surface area (Å²) in [5.74, 6) is -0.0591. The number of H-pyrrole nitrogens is 1. The van der Waals surface area contributed by atoms with Crippen molar-refractivity contribution in [2.45, 2.75) is 18.9 Å². The third kappa shape index (κ3) is 2.20. The number of anilines is 1. The van der Waals surface area contributed by atoms with Gasteiger partial charge in [0.1, 0.15) is 0 Å². The zero-order valence-corrected chi connectivity index (χ0v) is 14.2. The number of hydrogen-bond acceptors (Lipinski definition) is 5. The van der Waals surface area contributed by atoms with Crippen LogP contribution in [0.25, 0.3) is 22.2 Å². The van der Waals surface area contributed by atoms with E-state index in [2.05, 4.69) is 31.9 Å². The molecule has 0 radical (unpaired) electrons. The number of para-hydroxylation sites is 1. The van der Waals surface area contributed by atoms with E-state index < -0.39 is 5.91 Å². The Kier molecular flexibility index (Phi) is 3.43. The van der Waals surface area contributed by atoms with E-state index in [4.69, 9.17) is 5.73 Å². The lowest BCUT2D eigenvalue weighted by Crippen LogP contribution is -2.33. The van der Waals surface area contributed by atoms with E-state index in [0.717, 1.165) is 53.7 Å². The van der Waals surface area contributed by atoms with Gasteiger partial charge in [-0.2, -0.15) is 0 Å². The van der Waals surface area contributed by atoms with Gasteiger partial charge in [-0.15, -0.1) is 10.2 Å². The molecule has 4 heterocycles. The molecular weight excluding hydrogens is 328 g/mol. The number of carbonyl (C=O) groups is 1. The second kappa shape index (κ2) is 5.81. The average molecular weight is 348 g/mol. The molecule has 5 N–H and O–H groups in total. The number of primary amides is 1. The number of nitrogens with one attached hydrogen (secondary N) is 3. The molecule has 1 atom stereocenters. The van der Waals surface area contributed by atoms with Gasteiger partial charge in [0.25, 0.3) is 5.91 Å². The molecule has 2 aliphatic heterocycles. The molecule has 7 nitrogen and oxygen atoms in total. The maximum atomic E-state index is 12.1. The number of carbonyl (C=O) groups excluding carboxylic acids is 1. The van der Waals surface area contributed by atoms with Crippen LogP contribution in [0.1, 0.15) is 34.9 Å². The number of rotatable bonds is 2. The Bertz CT molecular complexity index is 1000. The fourth-order valence-electron chi connectivity index (χ4n) is 4.34. The molecule has 0 saturated carbocycles. The maximum absolute atomic E-state index is 12.1. The zero-order valence-electron chi connectivity index (χ0n) is 14.2. The summed E-state index contributed by atoms with van der Waals surface area (Å²) in [4.78, 5) is 15.3. The predicted molar refractivity (Wildman–Crippen MR) is 99.8 cm³/mol. The fraction of sp³-hybridized carbons (Fsp3) is 0.316. The van der Waals surface area contributed by atoms with Crippen molar-refractivity contribution in [2.75, 3.05) is 18.4 Å². The largest absolute Gasteiger partial charge is 0.377 e. The van der Waals surface area contributed by atoms with Crippen LogP contribution in [0.2, 0.25) is 0 Å². The van der Waals surface area contributed by atoms with E-state index in [0.29, 0.717) is 11.6 Å². The van der Waals surface area contributed by atoms with Crippen LogP contribution in [-0.4, -0.2) is 34.2 Å². The first-order valence-corrected chi connectivity index (χ1v) is 8.98. The van der Waals surface area contributed by atoms with Crippen molar-refractivity contribution < 1.29 is 4.79 Å². The molecule has 1 aromatic carbocycles. The topological polar surface area (TPSA) is 109 Å². The fourth-order valence-corrected chi connectivity index (χ4v) is 4.34. The molecule has 1 unspecified atom stereocenters. The van der Waals surface area contributed by atoms with Crippen LogP contribution >= 0.6 is 0 Å². The normalized spacial score (nSPS) is 19.6. The van der Waals surface area contributed by atoms with E-state index in [9.17, 15) is 4.79 Å². The molecule has 7 heteroatoms. The molecule has 2 aromatic heterocycles. The molecule has 132 valence electrons. The van der Waals surface area contributed by atoms with Crippen LogP contribution < -0.4 is 16.4 Å². The first-order chi connectivity index (χ1) is 12.7. The van der Waals surface area contributed by atoms with Gasteiger partial charge in [0.05, 0.1) is 6.04 Å². The standard InChI is InChI=1S/C19H20N6O/c20-18(26)17-14-11-3-1-2-4-13(11)23-16(10-5-7-21-8-6-10)12-9-22-19(15(12)14)25-24-17/h1-4,9-10,16,21,23H,5-8H2,(H2,20,26)(H,22,25). The highest BCUT2D eigenvalue weighted by Crippen LogP contribution is 2.45. The lowest BCUT2D eigenvalue weighted by Gasteiger charge is -2.31. The SMILES string of the molecule is NC(=O)c1nnc2[nH]cc3c2c1-c1ccccc1NC3C1CCNCC1. The van der Waals surface area contributed by atoms with E-state index in [-0.39, 0.29) is 11.7 Å². The van der Waals surface area contributed by atoms with Crippen LogP contribution in [0.3, 0.4) is 0 Å². The van der Waals surface area contributed by atoms with Crippen molar-refractivity contribution in [1.82, 2.24) is 20.5 Å². The summed E-state index contributed by atoms with van der Waals surface area (Å²) in [5, 5.41) is 16.4. The van der Waals surface area contributed by atoms with Crippen molar-refractivity contribution >= 4 is 22.6 Å². The van der Waals surface area contributed by atoms with Gasteiger partial charge in [-0.05, 0) is 37.9 Å². The number of aromatic amines is 1. The van der Waals surface area contributed by atoms with Crippen molar-refractivity contribution in [3.63, 3.8) is 0 Å². The second-order valence-electron chi connectivity index (χ2n) is 7.01. The third-order valence-electron chi connectivity index (χ3n) is 5.56. The van der Waals surface area contributed by atoms with Gasteiger partial charge in [-0.25, -0.2) is 0 Å². The highest BCUT2D eigenvalue weighted by Gasteiger charge is 2.33. The van der Waals surface area contributed by atoms with Crippen LogP contribution in [-0.2, 0) is 0 Å². The summed E-state index contributed by atoms with van der Waals surface area (Å²) in [5.41, 5.74) is 10.4. The molecular formula is C19H20N6O. The number of amides is 1. The average Bonchev–Trinajstić information content (AvgIpc) is 3.03. The molecule has 0 aliphatic carbocycles. The smallest absolute Gasteiger partial charge is 0.269 e. The van der Waals surface area contributed by atoms with Crippen molar-refractivity contribution in [3.05, 3.63) is 41.7 Å². The van der Waals surface area contributed by atoms with Gasteiger partial charge in [-0.1, -0.05) is 18.2 Å². The van der Waals surface area contributed by atoms with E-state index in [1.54, 1.807) is 0 Å². The summed E-state index contributed by atoms with van der Waals surface area (Å²) in [6.45, 7) is 2.04. The Morgan fingerprint density at radius 2 is 1.96 bits per heavy atom. The Hall–Kier alpha value is -2.93. The summed E-state index contributed by atoms with van der Waals surface area (Å²) in [6, 6.07) is 8.18. The summed E-state index contributed by atoms with van der Waals surface area (Å²) >= 11 is 0. The number of benzene rings is 1. The van der Waals surface area contributed by atoms with Crippen molar-refractivity contribution in [2.24, 2.45) is 11.7 Å². The minimum atomic E-state index is -0.559. The number of nitrogens with two attached hydrogens (primary N) is 1. The van der Waals surface area contributed by atoms with Crippen LogP contribution in [0.5, 0.6) is 0 Å². The minimum Gasteiger partial charge on any atom is -0.377 e. The lowest BCUT2D eigenvalue weighted by atomic mass is 9.86. The quantitative estimate of drug-likeness (QED) is 0.568. The summed E-state index contributed by atoms with van der Waals surface area (Å²) in [7, 11) is 0. The molecule has 1 amide bonds. The molecule has 1 fully saturated rings. The molecule has 0 bridgehead atoms. The number of fused-ring (bicyclic) bond motifs is 2. The van der Waals surface area contributed by atoms with Gasteiger partial charge in [0.15, 0.2) is 11.3 Å². The second-order valence-corrected chi connectivity index (χ2v) is 7.01. The zero-order chi connectivity index (χ0) is 17.7. The van der Waals surface area contributed by atoms with Crippen LogP contribution in [0.15, 0.2) is 30.5 Å². The highest BCUT2D eigenvalue weighted by molar-refractivity contribution is 6.09. The van der Waals surface area contributed by atoms with Gasteiger partial charge in [0, 0.05) is 34.0 Å². The third-order valence-corrected chi connectivity index (χ3v) is 5.56. The Morgan fingerprint density at radius 1 is 1.15 bits per heavy atom. The molecule has 2 aliphatic rings. The monoisotopic (exact) mass is 348 g/mol. The van der Waals surface area contributed by atoms with E-state index in [1.807, 2.05) is 24.4 Å². The predicted octanol–water partition coefficient (Wildman–Crippen LogP) is 2.19. The van der Waals surface area contributed by atoms with Crippen molar-refractivity contribution in [1.29, 1.82) is 0 Å². The van der Waals surface area contributed by atoms with Crippen molar-refractivity contribution in [3.8, 4) is 11.1 Å². The van der Waals surface area contributed by atoms with Gasteiger partial charge >= 0.3 is 0 Å². The molecule has 5 rings (SSSR count). The van der Waals surface area contributed by atoms with Gasteiger partial charge < -0.3 is 21.4 Å². The van der Waals surface area contributed by atoms with Crippen LogP contribution in [0, 0.1) is 5.92 Å². The summed E-state index contributed by atoms with van der Waals surface area (Å²) < 4.78 is 0. The van der Waals surface area contributed by atoms with E-state index in [1.165, 1.54) is 0 Å². The first-order valence-electron chi connectivity index (χ1n) is 8.98. The number of hydrogen-bond donors (Lipinski definition) is 4. The number of aromatic nitrogens is 3. The Morgan fingerprint density at radius 3 is 2.77 bits per heavy atom. The summed E-state index contributed by atoms with van der Waals surface area (Å²) in [6.07, 6.45) is 4.20. The lowest BCUT2D eigenvalue weighted by molar-refractivity contribution is 0.0995. The minimum absolute atomic E-state index is 0.151. The molecule has 26 heavy (non-hydrogen) atoms. The highest BCUT2D eigenvalue weighted by atomic mass is 16.1. The van der Waals surface area contributed by atoms with E-state index >= 15 is 0 Å². The Labute approximate surface area is 150 Å². The Balaban J connectivity index is 1.82. The number of nitrogens with zero attached hydrogens (tertiary/aromatic N) is 2. The molecule has 1 saturated heterocycles. The molecule has 0 spiro atoms. The van der Waals surface area contributed by atoms with Crippen LogP contribution in [0.4, 0.5) is 5.69 Å². The first kappa shape index (κ1) is 15.3.